The van der Waals surface area contributed by atoms with E-state index in [9.17, 15) is 14.0 Å². The van der Waals surface area contributed by atoms with Gasteiger partial charge in [0.2, 0.25) is 0 Å². The molecule has 1 aliphatic heterocycles. The van der Waals surface area contributed by atoms with Crippen LogP contribution in [-0.4, -0.2) is 33.1 Å². The second-order valence-electron chi connectivity index (χ2n) is 9.07. The van der Waals surface area contributed by atoms with Gasteiger partial charge in [0.1, 0.15) is 17.4 Å². The highest BCUT2D eigenvalue weighted by atomic mass is 19.1. The zero-order valence-electron chi connectivity index (χ0n) is 20.6. The van der Waals surface area contributed by atoms with Gasteiger partial charge in [-0.1, -0.05) is 36.4 Å². The second-order valence-corrected chi connectivity index (χ2v) is 9.07. The summed E-state index contributed by atoms with van der Waals surface area (Å²) < 4.78 is 20.8. The van der Waals surface area contributed by atoms with E-state index in [4.69, 9.17) is 14.8 Å². The molecule has 2 heterocycles. The highest BCUT2D eigenvalue weighted by molar-refractivity contribution is 6.10. The van der Waals surface area contributed by atoms with Crippen LogP contribution in [-0.2, 0) is 22.4 Å². The van der Waals surface area contributed by atoms with E-state index in [0.717, 1.165) is 22.6 Å². The quantitative estimate of drug-likeness (QED) is 0.311. The Morgan fingerprint density at radius 3 is 2.58 bits per heavy atom. The number of aliphatic imine (C=N–C) groups is 1. The number of aryl methyl sites for hydroxylation is 1. The summed E-state index contributed by atoms with van der Waals surface area (Å²) >= 11 is 0. The highest BCUT2D eigenvalue weighted by Crippen LogP contribution is 2.20. The van der Waals surface area contributed by atoms with E-state index in [2.05, 4.69) is 4.99 Å². The van der Waals surface area contributed by atoms with Crippen LogP contribution in [0, 0.1) is 5.82 Å². The monoisotopic (exact) mass is 511 g/mol. The molecule has 1 aromatic heterocycles. The van der Waals surface area contributed by atoms with E-state index in [0.29, 0.717) is 48.1 Å². The predicted molar refractivity (Wildman–Crippen MR) is 143 cm³/mol. The minimum atomic E-state index is -0.867. The average molecular weight is 512 g/mol. The summed E-state index contributed by atoms with van der Waals surface area (Å²) in [6.45, 7) is 0.209. The first kappa shape index (κ1) is 25.1. The molecule has 1 aliphatic rings. The number of aromatic nitrogens is 2. The minimum absolute atomic E-state index is 0.0397. The van der Waals surface area contributed by atoms with Crippen molar-refractivity contribution in [3.63, 3.8) is 0 Å². The second kappa shape index (κ2) is 11.2. The highest BCUT2D eigenvalue weighted by Gasteiger charge is 2.16. The molecule has 8 heteroatoms. The SMILES string of the molecule is O=C(O)CCCCc1nc2cc(C3=NCOC(Cc4ccccc4)=C3)ccc2c(=O)n1-c1ccc(F)cc1. The minimum Gasteiger partial charge on any atom is -0.481 e. The normalized spacial score (nSPS) is 13.1. The van der Waals surface area contributed by atoms with Gasteiger partial charge in [0.15, 0.2) is 6.73 Å². The molecule has 5 rings (SSSR count). The summed E-state index contributed by atoms with van der Waals surface area (Å²) in [6.07, 6.45) is 3.99. The van der Waals surface area contributed by atoms with Crippen molar-refractivity contribution < 1.29 is 19.0 Å². The van der Waals surface area contributed by atoms with Gasteiger partial charge in [-0.05, 0) is 54.8 Å². The number of benzene rings is 3. The third-order valence-electron chi connectivity index (χ3n) is 6.36. The number of hydrogen-bond donors (Lipinski definition) is 1. The van der Waals surface area contributed by atoms with Crippen molar-refractivity contribution in [3.05, 3.63) is 118 Å². The standard InChI is InChI=1S/C30H26FN3O4/c31-22-11-13-23(14-12-22)34-28(8-4-5-9-29(35)36)33-27-17-21(10-15-25(27)30(34)37)26-18-24(38-19-32-26)16-20-6-2-1-3-7-20/h1-3,6-7,10-15,17-18H,4-5,8-9,16,19H2,(H,35,36). The fraction of sp³-hybridized carbons (Fsp3) is 0.200. The molecule has 0 unspecified atom stereocenters. The summed E-state index contributed by atoms with van der Waals surface area (Å²) in [5, 5.41) is 9.40. The number of allylic oxidation sites excluding steroid dienone is 2. The Kier molecular flexibility index (Phi) is 7.40. The Morgan fingerprint density at radius 2 is 1.82 bits per heavy atom. The van der Waals surface area contributed by atoms with E-state index in [1.807, 2.05) is 48.5 Å². The molecule has 192 valence electrons. The van der Waals surface area contributed by atoms with Crippen molar-refractivity contribution in [2.75, 3.05) is 6.73 Å². The molecule has 4 aromatic rings. The Balaban J connectivity index is 1.51. The number of hydrogen-bond acceptors (Lipinski definition) is 5. The van der Waals surface area contributed by atoms with Gasteiger partial charge in [0, 0.05) is 30.9 Å². The van der Waals surface area contributed by atoms with Crippen LogP contribution in [0.2, 0.25) is 0 Å². The molecular weight excluding hydrogens is 485 g/mol. The summed E-state index contributed by atoms with van der Waals surface area (Å²) in [5.74, 6) is 0.0278. The van der Waals surface area contributed by atoms with Gasteiger partial charge in [0.05, 0.1) is 22.3 Å². The summed E-state index contributed by atoms with van der Waals surface area (Å²) in [4.78, 5) is 33.9. The fourth-order valence-electron chi connectivity index (χ4n) is 4.47. The van der Waals surface area contributed by atoms with Gasteiger partial charge in [-0.2, -0.15) is 0 Å². The number of nitrogens with zero attached hydrogens (tertiary/aromatic N) is 3. The Morgan fingerprint density at radius 1 is 1.03 bits per heavy atom. The van der Waals surface area contributed by atoms with Crippen molar-refractivity contribution in [2.24, 2.45) is 4.99 Å². The number of halogens is 1. The van der Waals surface area contributed by atoms with E-state index in [-0.39, 0.29) is 18.7 Å². The molecule has 0 radical (unpaired) electrons. The lowest BCUT2D eigenvalue weighted by atomic mass is 10.0. The number of carboxylic acid groups (broad SMARTS) is 1. The zero-order valence-corrected chi connectivity index (χ0v) is 20.6. The topological polar surface area (TPSA) is 93.8 Å². The van der Waals surface area contributed by atoms with Crippen LogP contribution >= 0.6 is 0 Å². The molecule has 0 fully saturated rings. The number of unbranched alkanes of at least 4 members (excludes halogenated alkanes) is 1. The molecule has 7 nitrogen and oxygen atoms in total. The lowest BCUT2D eigenvalue weighted by Gasteiger charge is -2.16. The Bertz CT molecular complexity index is 1590. The van der Waals surface area contributed by atoms with Crippen molar-refractivity contribution in [3.8, 4) is 5.69 Å². The number of carbonyl (C=O) groups is 1. The number of fused-ring (bicyclic) bond motifs is 1. The average Bonchev–Trinajstić information content (AvgIpc) is 2.92. The van der Waals surface area contributed by atoms with Crippen molar-refractivity contribution >= 4 is 22.6 Å². The van der Waals surface area contributed by atoms with E-state index >= 15 is 0 Å². The summed E-state index contributed by atoms with van der Waals surface area (Å²) in [7, 11) is 0. The van der Waals surface area contributed by atoms with E-state index in [1.54, 1.807) is 6.07 Å². The van der Waals surface area contributed by atoms with Crippen LogP contribution in [0.3, 0.4) is 0 Å². The van der Waals surface area contributed by atoms with Crippen LogP contribution in [0.1, 0.15) is 36.2 Å². The molecule has 38 heavy (non-hydrogen) atoms. The van der Waals surface area contributed by atoms with Gasteiger partial charge >= 0.3 is 5.97 Å². The first-order chi connectivity index (χ1) is 18.5. The molecule has 0 aliphatic carbocycles. The molecule has 0 atom stereocenters. The number of ether oxygens (including phenoxy) is 1. The Labute approximate surface area is 218 Å². The zero-order chi connectivity index (χ0) is 26.5. The maximum Gasteiger partial charge on any atom is 0.303 e. The van der Waals surface area contributed by atoms with Crippen LogP contribution in [0.25, 0.3) is 16.6 Å². The maximum atomic E-state index is 13.6. The third kappa shape index (κ3) is 5.70. The van der Waals surface area contributed by atoms with Crippen LogP contribution in [0.4, 0.5) is 4.39 Å². The predicted octanol–water partition coefficient (Wildman–Crippen LogP) is 5.23. The third-order valence-corrected chi connectivity index (χ3v) is 6.36. The lowest BCUT2D eigenvalue weighted by molar-refractivity contribution is -0.137. The van der Waals surface area contributed by atoms with Crippen molar-refractivity contribution in [1.82, 2.24) is 9.55 Å². The Hall–Kier alpha value is -4.59. The largest absolute Gasteiger partial charge is 0.481 e. The number of rotatable bonds is 9. The molecule has 0 amide bonds. The fourth-order valence-corrected chi connectivity index (χ4v) is 4.47. The molecule has 0 spiro atoms. The van der Waals surface area contributed by atoms with Crippen LogP contribution in [0.15, 0.2) is 94.4 Å². The number of carboxylic acids is 1. The van der Waals surface area contributed by atoms with Crippen LogP contribution < -0.4 is 5.56 Å². The molecule has 0 saturated heterocycles. The van der Waals surface area contributed by atoms with Gasteiger partial charge < -0.3 is 9.84 Å². The molecule has 0 bridgehead atoms. The lowest BCUT2D eigenvalue weighted by Crippen LogP contribution is -2.24. The first-order valence-corrected chi connectivity index (χ1v) is 12.4. The van der Waals surface area contributed by atoms with Crippen molar-refractivity contribution in [2.45, 2.75) is 32.1 Å². The molecule has 3 aromatic carbocycles. The van der Waals surface area contributed by atoms with Gasteiger partial charge in [-0.15, -0.1) is 0 Å². The maximum absolute atomic E-state index is 13.6. The van der Waals surface area contributed by atoms with Gasteiger partial charge in [0.25, 0.3) is 5.56 Å². The van der Waals surface area contributed by atoms with E-state index < -0.39 is 11.8 Å². The molecular formula is C30H26FN3O4. The smallest absolute Gasteiger partial charge is 0.303 e. The number of aliphatic carboxylic acids is 1. The summed E-state index contributed by atoms with van der Waals surface area (Å²) in [6, 6.07) is 21.1. The van der Waals surface area contributed by atoms with Crippen LogP contribution in [0.5, 0.6) is 0 Å². The van der Waals surface area contributed by atoms with Crippen molar-refractivity contribution in [1.29, 1.82) is 0 Å². The molecule has 0 saturated carbocycles. The van der Waals surface area contributed by atoms with Gasteiger partial charge in [-0.25, -0.2) is 14.4 Å². The molecule has 1 N–H and O–H groups in total. The first-order valence-electron chi connectivity index (χ1n) is 12.4. The van der Waals surface area contributed by atoms with Gasteiger partial charge in [-0.3, -0.25) is 14.2 Å². The van der Waals surface area contributed by atoms with E-state index in [1.165, 1.54) is 28.8 Å². The summed E-state index contributed by atoms with van der Waals surface area (Å²) in [5.41, 5.74) is 3.45.